The number of amides is 1. The molecule has 1 saturated heterocycles. The molecule has 0 spiro atoms. The predicted octanol–water partition coefficient (Wildman–Crippen LogP) is 3.89. The van der Waals surface area contributed by atoms with Gasteiger partial charge >= 0.3 is 0 Å². The lowest BCUT2D eigenvalue weighted by molar-refractivity contribution is -0.125. The largest absolute Gasteiger partial charge is 0.310 e. The lowest BCUT2D eigenvalue weighted by Crippen LogP contribution is -2.55. The van der Waals surface area contributed by atoms with Crippen LogP contribution >= 0.6 is 11.6 Å². The van der Waals surface area contributed by atoms with Crippen LogP contribution in [0.2, 0.25) is 5.02 Å². The Morgan fingerprint density at radius 1 is 1.13 bits per heavy atom. The van der Waals surface area contributed by atoms with E-state index in [4.69, 9.17) is 11.6 Å². The smallest absolute Gasteiger partial charge is 0.244 e. The minimum absolute atomic E-state index is 0.132. The van der Waals surface area contributed by atoms with Gasteiger partial charge in [0.25, 0.3) is 0 Å². The first-order valence-corrected chi connectivity index (χ1v) is 8.29. The van der Waals surface area contributed by atoms with Gasteiger partial charge in [-0.3, -0.25) is 9.69 Å². The van der Waals surface area contributed by atoms with Crippen molar-refractivity contribution in [3.63, 3.8) is 0 Å². The van der Waals surface area contributed by atoms with E-state index in [1.54, 1.807) is 0 Å². The van der Waals surface area contributed by atoms with Crippen LogP contribution in [0.1, 0.15) is 18.1 Å². The average molecular weight is 329 g/mol. The van der Waals surface area contributed by atoms with Crippen molar-refractivity contribution in [2.45, 2.75) is 26.4 Å². The molecule has 120 valence electrons. The number of halogens is 1. The van der Waals surface area contributed by atoms with Gasteiger partial charge < -0.3 is 4.90 Å². The van der Waals surface area contributed by atoms with Crippen molar-refractivity contribution in [1.82, 2.24) is 4.90 Å². The number of hydrogen-bond acceptors (Lipinski definition) is 2. The van der Waals surface area contributed by atoms with Crippen LogP contribution in [-0.2, 0) is 11.3 Å². The van der Waals surface area contributed by atoms with Gasteiger partial charge in [0.15, 0.2) is 0 Å². The number of rotatable bonds is 3. The van der Waals surface area contributed by atoms with Crippen molar-refractivity contribution >= 4 is 23.2 Å². The first kappa shape index (κ1) is 16.0. The van der Waals surface area contributed by atoms with Gasteiger partial charge in [-0.1, -0.05) is 48.0 Å². The standard InChI is InChI=1S/C19H21ClN2O/c1-14-8-9-17(12-18(14)20)22-11-10-21(15(2)19(22)23)13-16-6-4-3-5-7-16/h3-9,12,15H,10-11,13H2,1-2H3/t15-/m1/s1. The fraction of sp³-hybridized carbons (Fsp3) is 0.316. The number of nitrogens with zero attached hydrogens (tertiary/aromatic N) is 2. The molecule has 1 aliphatic rings. The zero-order valence-electron chi connectivity index (χ0n) is 13.5. The Labute approximate surface area is 142 Å². The molecule has 2 aromatic carbocycles. The third kappa shape index (κ3) is 3.41. The second-order valence-corrected chi connectivity index (χ2v) is 6.46. The third-order valence-electron chi connectivity index (χ3n) is 4.48. The zero-order chi connectivity index (χ0) is 16.4. The SMILES string of the molecule is Cc1ccc(N2CCN(Cc3ccccc3)[C@H](C)C2=O)cc1Cl. The highest BCUT2D eigenvalue weighted by molar-refractivity contribution is 6.31. The Hall–Kier alpha value is -1.84. The summed E-state index contributed by atoms with van der Waals surface area (Å²) in [5.41, 5.74) is 3.15. The van der Waals surface area contributed by atoms with Crippen molar-refractivity contribution in [2.24, 2.45) is 0 Å². The molecule has 0 saturated carbocycles. The summed E-state index contributed by atoms with van der Waals surface area (Å²) in [5.74, 6) is 0.132. The highest BCUT2D eigenvalue weighted by atomic mass is 35.5. The summed E-state index contributed by atoms with van der Waals surface area (Å²) < 4.78 is 0. The normalized spacial score (nSPS) is 19.2. The third-order valence-corrected chi connectivity index (χ3v) is 4.88. The molecule has 4 heteroatoms. The molecular formula is C19H21ClN2O. The van der Waals surface area contributed by atoms with E-state index in [0.717, 1.165) is 24.3 Å². The van der Waals surface area contributed by atoms with Crippen molar-refractivity contribution < 1.29 is 4.79 Å². The molecule has 1 heterocycles. The van der Waals surface area contributed by atoms with Crippen molar-refractivity contribution in [1.29, 1.82) is 0 Å². The summed E-state index contributed by atoms with van der Waals surface area (Å²) in [6.45, 7) is 6.29. The molecule has 3 rings (SSSR count). The number of carbonyl (C=O) groups excluding carboxylic acids is 1. The second kappa shape index (κ2) is 6.73. The van der Waals surface area contributed by atoms with Crippen molar-refractivity contribution in [3.05, 3.63) is 64.7 Å². The molecule has 1 amide bonds. The van der Waals surface area contributed by atoms with Crippen molar-refractivity contribution in [2.75, 3.05) is 18.0 Å². The summed E-state index contributed by atoms with van der Waals surface area (Å²) >= 11 is 6.20. The van der Waals surface area contributed by atoms with Gasteiger partial charge in [0, 0.05) is 30.3 Å². The summed E-state index contributed by atoms with van der Waals surface area (Å²) in [6, 6.07) is 16.0. The minimum Gasteiger partial charge on any atom is -0.310 e. The van der Waals surface area contributed by atoms with Gasteiger partial charge in [0.1, 0.15) is 0 Å². The van der Waals surface area contributed by atoms with E-state index in [1.807, 2.05) is 55.1 Å². The van der Waals surface area contributed by atoms with Gasteiger partial charge in [-0.2, -0.15) is 0 Å². The van der Waals surface area contributed by atoms with Crippen molar-refractivity contribution in [3.8, 4) is 0 Å². The highest BCUT2D eigenvalue weighted by Crippen LogP contribution is 2.26. The lowest BCUT2D eigenvalue weighted by atomic mass is 10.1. The molecule has 0 bridgehead atoms. The fourth-order valence-corrected chi connectivity index (χ4v) is 3.13. The molecule has 3 nitrogen and oxygen atoms in total. The maximum atomic E-state index is 12.8. The predicted molar refractivity (Wildman–Crippen MR) is 94.9 cm³/mol. The summed E-state index contributed by atoms with van der Waals surface area (Å²) in [4.78, 5) is 16.8. The van der Waals surface area contributed by atoms with E-state index in [1.165, 1.54) is 5.56 Å². The molecule has 1 atom stereocenters. The molecule has 0 radical (unpaired) electrons. The Morgan fingerprint density at radius 2 is 1.87 bits per heavy atom. The quantitative estimate of drug-likeness (QED) is 0.853. The molecule has 2 aromatic rings. The highest BCUT2D eigenvalue weighted by Gasteiger charge is 2.32. The maximum absolute atomic E-state index is 12.8. The molecule has 0 unspecified atom stereocenters. The summed E-state index contributed by atoms with van der Waals surface area (Å²) in [6.07, 6.45) is 0. The number of hydrogen-bond donors (Lipinski definition) is 0. The number of anilines is 1. The van der Waals surface area contributed by atoms with E-state index < -0.39 is 0 Å². The van der Waals surface area contributed by atoms with Crippen LogP contribution in [0.25, 0.3) is 0 Å². The van der Waals surface area contributed by atoms with Gasteiger partial charge in [-0.05, 0) is 37.1 Å². The van der Waals surface area contributed by atoms with E-state index in [-0.39, 0.29) is 11.9 Å². The molecule has 0 N–H and O–H groups in total. The lowest BCUT2D eigenvalue weighted by Gasteiger charge is -2.39. The van der Waals surface area contributed by atoms with Crippen LogP contribution in [-0.4, -0.2) is 29.9 Å². The van der Waals surface area contributed by atoms with E-state index >= 15 is 0 Å². The maximum Gasteiger partial charge on any atom is 0.244 e. The number of benzene rings is 2. The van der Waals surface area contributed by atoms with Crippen LogP contribution in [0.5, 0.6) is 0 Å². The average Bonchev–Trinajstić information content (AvgIpc) is 2.56. The minimum atomic E-state index is -0.135. The van der Waals surface area contributed by atoms with E-state index in [2.05, 4.69) is 17.0 Å². The fourth-order valence-electron chi connectivity index (χ4n) is 2.95. The van der Waals surface area contributed by atoms with Gasteiger partial charge in [0.05, 0.1) is 6.04 Å². The Morgan fingerprint density at radius 3 is 2.57 bits per heavy atom. The Kier molecular flexibility index (Phi) is 4.69. The van der Waals surface area contributed by atoms with Crippen LogP contribution < -0.4 is 4.90 Å². The van der Waals surface area contributed by atoms with Crippen LogP contribution in [0.3, 0.4) is 0 Å². The van der Waals surface area contributed by atoms with Gasteiger partial charge in [-0.15, -0.1) is 0 Å². The second-order valence-electron chi connectivity index (χ2n) is 6.06. The molecule has 1 aliphatic heterocycles. The monoisotopic (exact) mass is 328 g/mol. The summed E-state index contributed by atoms with van der Waals surface area (Å²) in [7, 11) is 0. The molecular weight excluding hydrogens is 308 g/mol. The number of carbonyl (C=O) groups is 1. The number of aryl methyl sites for hydroxylation is 1. The first-order chi connectivity index (χ1) is 11.1. The van der Waals surface area contributed by atoms with Crippen LogP contribution in [0.4, 0.5) is 5.69 Å². The molecule has 0 aromatic heterocycles. The van der Waals surface area contributed by atoms with E-state index in [0.29, 0.717) is 11.6 Å². The molecule has 23 heavy (non-hydrogen) atoms. The Bertz CT molecular complexity index is 702. The summed E-state index contributed by atoms with van der Waals surface area (Å²) in [5, 5.41) is 0.703. The molecule has 1 fully saturated rings. The topological polar surface area (TPSA) is 23.6 Å². The van der Waals surface area contributed by atoms with Gasteiger partial charge in [0.2, 0.25) is 5.91 Å². The first-order valence-electron chi connectivity index (χ1n) is 7.92. The zero-order valence-corrected chi connectivity index (χ0v) is 14.3. The Balaban J connectivity index is 1.74. The van der Waals surface area contributed by atoms with Crippen LogP contribution in [0, 0.1) is 6.92 Å². The van der Waals surface area contributed by atoms with Gasteiger partial charge in [-0.25, -0.2) is 0 Å². The van der Waals surface area contributed by atoms with E-state index in [9.17, 15) is 4.79 Å². The number of piperazine rings is 1. The van der Waals surface area contributed by atoms with Crippen LogP contribution in [0.15, 0.2) is 48.5 Å². The molecule has 0 aliphatic carbocycles.